The molecule has 0 saturated carbocycles. The van der Waals surface area contributed by atoms with Crippen molar-refractivity contribution in [1.29, 1.82) is 0 Å². The van der Waals surface area contributed by atoms with Gasteiger partial charge in [0.2, 0.25) is 5.78 Å². The predicted molar refractivity (Wildman–Crippen MR) is 46.8 cm³/mol. The van der Waals surface area contributed by atoms with Gasteiger partial charge in [-0.1, -0.05) is 4.49 Å². The maximum atomic E-state index is 11.6. The molecule has 4 nitrogen and oxygen atoms in total. The van der Waals surface area contributed by atoms with Gasteiger partial charge in [0.15, 0.2) is 5.76 Å². The number of hydrogen-bond donors (Lipinski definition) is 0. The molecule has 0 N–H and O–H groups in total. The van der Waals surface area contributed by atoms with Crippen LogP contribution in [-0.2, 0) is 0 Å². The zero-order valence-electron chi connectivity index (χ0n) is 6.85. The summed E-state index contributed by atoms with van der Waals surface area (Å²) in [6.07, 6.45) is 1.47. The van der Waals surface area contributed by atoms with Crippen LogP contribution in [0.3, 0.4) is 0 Å². The average molecular weight is 194 g/mol. The van der Waals surface area contributed by atoms with Gasteiger partial charge in [-0.25, -0.2) is 0 Å². The lowest BCUT2D eigenvalue weighted by atomic mass is 10.2. The fourth-order valence-corrected chi connectivity index (χ4v) is 1.56. The minimum Gasteiger partial charge on any atom is -0.461 e. The van der Waals surface area contributed by atoms with Crippen molar-refractivity contribution in [2.24, 2.45) is 0 Å². The molecule has 0 aliphatic heterocycles. The van der Waals surface area contributed by atoms with E-state index >= 15 is 0 Å². The fourth-order valence-electron chi connectivity index (χ4n) is 0.959. The lowest BCUT2D eigenvalue weighted by molar-refractivity contribution is 0.101. The Kier molecular flexibility index (Phi) is 1.94. The lowest BCUT2D eigenvalue weighted by Crippen LogP contribution is -1.98. The fraction of sp³-hybridized carbons (Fsp3) is 0.125. The molecule has 2 heterocycles. The molecule has 0 spiro atoms. The first-order valence-corrected chi connectivity index (χ1v) is 4.43. The highest BCUT2D eigenvalue weighted by molar-refractivity contribution is 7.08. The summed E-state index contributed by atoms with van der Waals surface area (Å²) in [5, 5.41) is 3.75. The van der Waals surface area contributed by atoms with Crippen LogP contribution in [0.1, 0.15) is 21.1 Å². The quantitative estimate of drug-likeness (QED) is 0.682. The summed E-state index contributed by atoms with van der Waals surface area (Å²) in [4.78, 5) is 12.2. The van der Waals surface area contributed by atoms with Gasteiger partial charge in [-0.15, -0.1) is 5.10 Å². The van der Waals surface area contributed by atoms with Crippen LogP contribution < -0.4 is 0 Å². The molecule has 0 fully saturated rings. The number of ketones is 1. The second kappa shape index (κ2) is 3.10. The minimum absolute atomic E-state index is 0.155. The number of hydrogen-bond acceptors (Lipinski definition) is 5. The predicted octanol–water partition coefficient (Wildman–Crippen LogP) is 1.67. The molecule has 0 radical (unpaired) electrons. The Hall–Kier alpha value is -1.49. The minimum atomic E-state index is -0.155. The van der Waals surface area contributed by atoms with E-state index in [1.807, 2.05) is 0 Å². The number of nitrogens with zero attached hydrogens (tertiary/aromatic N) is 2. The van der Waals surface area contributed by atoms with Crippen LogP contribution in [0.15, 0.2) is 22.8 Å². The molecule has 0 aromatic carbocycles. The number of carbonyl (C=O) groups excluding carboxylic acids is 1. The maximum Gasteiger partial charge on any atom is 0.241 e. The van der Waals surface area contributed by atoms with Gasteiger partial charge in [0, 0.05) is 0 Å². The Labute approximate surface area is 78.4 Å². The monoisotopic (exact) mass is 194 g/mol. The molecule has 2 rings (SSSR count). The van der Waals surface area contributed by atoms with Gasteiger partial charge >= 0.3 is 0 Å². The number of carbonyl (C=O) groups is 1. The Morgan fingerprint density at radius 1 is 1.62 bits per heavy atom. The van der Waals surface area contributed by atoms with Crippen molar-refractivity contribution in [3.8, 4) is 0 Å². The van der Waals surface area contributed by atoms with E-state index < -0.39 is 0 Å². The summed E-state index contributed by atoms with van der Waals surface area (Å²) in [7, 11) is 0. The van der Waals surface area contributed by atoms with Crippen LogP contribution in [0.25, 0.3) is 0 Å². The smallest absolute Gasteiger partial charge is 0.241 e. The van der Waals surface area contributed by atoms with Crippen LogP contribution in [0.4, 0.5) is 0 Å². The molecule has 0 atom stereocenters. The van der Waals surface area contributed by atoms with E-state index in [2.05, 4.69) is 9.59 Å². The summed E-state index contributed by atoms with van der Waals surface area (Å²) in [5.41, 5.74) is 0.645. The van der Waals surface area contributed by atoms with Crippen LogP contribution in [-0.4, -0.2) is 15.4 Å². The van der Waals surface area contributed by atoms with E-state index in [4.69, 9.17) is 4.42 Å². The average Bonchev–Trinajstić information content (AvgIpc) is 2.72. The SMILES string of the molecule is Cc1nnsc1C(=O)c1ccco1. The Balaban J connectivity index is 2.39. The van der Waals surface area contributed by atoms with Gasteiger partial charge in [0.1, 0.15) is 4.88 Å². The van der Waals surface area contributed by atoms with E-state index in [0.717, 1.165) is 11.5 Å². The second-order valence-electron chi connectivity index (χ2n) is 2.49. The van der Waals surface area contributed by atoms with Crippen LogP contribution in [0.5, 0.6) is 0 Å². The molecule has 0 saturated heterocycles. The highest BCUT2D eigenvalue weighted by Gasteiger charge is 2.17. The molecule has 2 aromatic heterocycles. The third-order valence-corrected chi connectivity index (χ3v) is 2.43. The van der Waals surface area contributed by atoms with Gasteiger partial charge in [-0.3, -0.25) is 4.79 Å². The van der Waals surface area contributed by atoms with Crippen molar-refractivity contribution in [3.63, 3.8) is 0 Å². The standard InChI is InChI=1S/C8H6N2O2S/c1-5-8(13-10-9-5)7(11)6-3-2-4-12-6/h2-4H,1H3. The summed E-state index contributed by atoms with van der Waals surface area (Å²) in [6, 6.07) is 3.30. The Morgan fingerprint density at radius 3 is 3.00 bits per heavy atom. The van der Waals surface area contributed by atoms with E-state index in [1.54, 1.807) is 19.1 Å². The number of aryl methyl sites for hydroxylation is 1. The van der Waals surface area contributed by atoms with Gasteiger partial charge < -0.3 is 4.42 Å². The third-order valence-electron chi connectivity index (χ3n) is 1.60. The molecule has 0 aliphatic rings. The third kappa shape index (κ3) is 1.38. The Bertz CT molecular complexity index is 419. The van der Waals surface area contributed by atoms with Crippen molar-refractivity contribution >= 4 is 17.3 Å². The van der Waals surface area contributed by atoms with E-state index in [0.29, 0.717) is 16.3 Å². The van der Waals surface area contributed by atoms with Crippen molar-refractivity contribution in [3.05, 3.63) is 34.7 Å². The largest absolute Gasteiger partial charge is 0.461 e. The van der Waals surface area contributed by atoms with Gasteiger partial charge in [0.25, 0.3) is 0 Å². The second-order valence-corrected chi connectivity index (χ2v) is 3.25. The molecule has 2 aromatic rings. The maximum absolute atomic E-state index is 11.6. The zero-order valence-corrected chi connectivity index (χ0v) is 7.67. The van der Waals surface area contributed by atoms with Crippen molar-refractivity contribution in [2.45, 2.75) is 6.92 Å². The topological polar surface area (TPSA) is 56.0 Å². The molecular formula is C8H6N2O2S. The first kappa shape index (κ1) is 8.12. The van der Waals surface area contributed by atoms with Crippen LogP contribution >= 0.6 is 11.5 Å². The summed E-state index contributed by atoms with van der Waals surface area (Å²) in [5.74, 6) is 0.173. The van der Waals surface area contributed by atoms with Crippen molar-refractivity contribution in [1.82, 2.24) is 9.59 Å². The van der Waals surface area contributed by atoms with Gasteiger partial charge in [-0.05, 0) is 30.6 Å². The molecule has 0 aliphatic carbocycles. The summed E-state index contributed by atoms with van der Waals surface area (Å²) >= 11 is 1.09. The van der Waals surface area contributed by atoms with E-state index in [-0.39, 0.29) is 5.78 Å². The normalized spacial score (nSPS) is 10.2. The van der Waals surface area contributed by atoms with Gasteiger partial charge in [0.05, 0.1) is 12.0 Å². The molecule has 13 heavy (non-hydrogen) atoms. The summed E-state index contributed by atoms with van der Waals surface area (Å²) < 4.78 is 8.66. The molecule has 66 valence electrons. The van der Waals surface area contributed by atoms with Crippen LogP contribution in [0.2, 0.25) is 0 Å². The van der Waals surface area contributed by atoms with Crippen LogP contribution in [0, 0.1) is 6.92 Å². The summed E-state index contributed by atoms with van der Waals surface area (Å²) in [6.45, 7) is 1.75. The van der Waals surface area contributed by atoms with Gasteiger partial charge in [-0.2, -0.15) is 0 Å². The number of furan rings is 1. The molecule has 0 unspecified atom stereocenters. The molecule has 5 heteroatoms. The first-order valence-electron chi connectivity index (χ1n) is 3.66. The molecule has 0 amide bonds. The first-order chi connectivity index (χ1) is 6.29. The Morgan fingerprint density at radius 2 is 2.46 bits per heavy atom. The van der Waals surface area contributed by atoms with E-state index in [1.165, 1.54) is 6.26 Å². The lowest BCUT2D eigenvalue weighted by Gasteiger charge is -1.91. The number of aromatic nitrogens is 2. The molecular weight excluding hydrogens is 188 g/mol. The zero-order chi connectivity index (χ0) is 9.26. The van der Waals surface area contributed by atoms with Crippen molar-refractivity contribution < 1.29 is 9.21 Å². The van der Waals surface area contributed by atoms with Crippen molar-refractivity contribution in [2.75, 3.05) is 0 Å². The van der Waals surface area contributed by atoms with E-state index in [9.17, 15) is 4.79 Å². The molecule has 0 bridgehead atoms. The number of rotatable bonds is 2. The highest BCUT2D eigenvalue weighted by atomic mass is 32.1. The highest BCUT2D eigenvalue weighted by Crippen LogP contribution is 2.15.